The fourth-order valence-corrected chi connectivity index (χ4v) is 2.38. The molecule has 18 heavy (non-hydrogen) atoms. The number of imide groups is 1. The Bertz CT molecular complexity index is 496. The molecule has 6 heteroatoms. The first-order valence-electron chi connectivity index (χ1n) is 5.79. The molecule has 0 saturated carbocycles. The van der Waals surface area contributed by atoms with Crippen LogP contribution in [-0.2, 0) is 4.79 Å². The van der Waals surface area contributed by atoms with E-state index in [4.69, 9.17) is 0 Å². The molecular weight excluding hydrogens is 237 g/mol. The van der Waals surface area contributed by atoms with E-state index in [1.54, 1.807) is 6.07 Å². The van der Waals surface area contributed by atoms with Crippen molar-refractivity contribution in [1.29, 1.82) is 0 Å². The molecule has 94 valence electrons. The predicted molar refractivity (Wildman–Crippen MR) is 62.6 cm³/mol. The second-order valence-corrected chi connectivity index (χ2v) is 4.35. The van der Waals surface area contributed by atoms with Gasteiger partial charge in [-0.1, -0.05) is 6.07 Å². The number of fused-ring (bicyclic) bond motifs is 1. The number of piperazine rings is 1. The van der Waals surface area contributed by atoms with Gasteiger partial charge >= 0.3 is 6.03 Å². The maximum atomic E-state index is 13.2. The molecule has 2 heterocycles. The van der Waals surface area contributed by atoms with Gasteiger partial charge in [0.1, 0.15) is 11.9 Å². The molecule has 3 rings (SSSR count). The molecule has 1 aromatic rings. The molecule has 2 saturated heterocycles. The van der Waals surface area contributed by atoms with Gasteiger partial charge in [-0.05, 0) is 18.2 Å². The standard InChI is InChI=1S/C12H12FN3O2/c13-8-2-1-3-9(6-8)16-11(17)10-7-14-4-5-15(10)12(16)18/h1-3,6,10,14H,4-5,7H2. The van der Waals surface area contributed by atoms with Gasteiger partial charge in [0, 0.05) is 19.6 Å². The van der Waals surface area contributed by atoms with E-state index in [1.165, 1.54) is 23.1 Å². The molecule has 0 radical (unpaired) electrons. The minimum Gasteiger partial charge on any atom is -0.312 e. The third-order valence-electron chi connectivity index (χ3n) is 3.25. The van der Waals surface area contributed by atoms with Crippen LogP contribution < -0.4 is 10.2 Å². The van der Waals surface area contributed by atoms with Crippen LogP contribution in [0, 0.1) is 5.82 Å². The van der Waals surface area contributed by atoms with Gasteiger partial charge in [-0.25, -0.2) is 14.1 Å². The summed E-state index contributed by atoms with van der Waals surface area (Å²) in [6.07, 6.45) is 0. The van der Waals surface area contributed by atoms with Crippen LogP contribution in [0.25, 0.3) is 0 Å². The van der Waals surface area contributed by atoms with Crippen LogP contribution in [0.5, 0.6) is 0 Å². The van der Waals surface area contributed by atoms with Gasteiger partial charge in [0.2, 0.25) is 0 Å². The average Bonchev–Trinajstić information content (AvgIpc) is 2.63. The maximum absolute atomic E-state index is 13.2. The molecule has 2 aliphatic rings. The monoisotopic (exact) mass is 249 g/mol. The van der Waals surface area contributed by atoms with Crippen molar-refractivity contribution in [3.63, 3.8) is 0 Å². The summed E-state index contributed by atoms with van der Waals surface area (Å²) in [5.74, 6) is -0.756. The van der Waals surface area contributed by atoms with Gasteiger partial charge in [0.05, 0.1) is 5.69 Å². The maximum Gasteiger partial charge on any atom is 0.332 e. The summed E-state index contributed by atoms with van der Waals surface area (Å²) < 4.78 is 13.2. The third kappa shape index (κ3) is 1.57. The van der Waals surface area contributed by atoms with Crippen LogP contribution in [0.1, 0.15) is 0 Å². The number of nitrogens with one attached hydrogen (secondary N) is 1. The Hall–Kier alpha value is -1.95. The van der Waals surface area contributed by atoms with E-state index in [0.29, 0.717) is 25.3 Å². The van der Waals surface area contributed by atoms with Crippen LogP contribution in [0.3, 0.4) is 0 Å². The highest BCUT2D eigenvalue weighted by molar-refractivity contribution is 6.21. The van der Waals surface area contributed by atoms with E-state index >= 15 is 0 Å². The van der Waals surface area contributed by atoms with Crippen molar-refractivity contribution in [2.45, 2.75) is 6.04 Å². The van der Waals surface area contributed by atoms with Crippen molar-refractivity contribution in [2.24, 2.45) is 0 Å². The minimum atomic E-state index is -0.463. The lowest BCUT2D eigenvalue weighted by Gasteiger charge is -2.26. The van der Waals surface area contributed by atoms with Gasteiger partial charge in [0.15, 0.2) is 0 Å². The zero-order valence-corrected chi connectivity index (χ0v) is 9.60. The molecule has 5 nitrogen and oxygen atoms in total. The molecule has 0 aliphatic carbocycles. The smallest absolute Gasteiger partial charge is 0.312 e. The number of nitrogens with zero attached hydrogens (tertiary/aromatic N) is 2. The summed E-state index contributed by atoms with van der Waals surface area (Å²) in [5.41, 5.74) is 0.291. The predicted octanol–water partition coefficient (Wildman–Crippen LogP) is 0.566. The Morgan fingerprint density at radius 3 is 2.89 bits per heavy atom. The fourth-order valence-electron chi connectivity index (χ4n) is 2.38. The van der Waals surface area contributed by atoms with Crippen LogP contribution in [0.15, 0.2) is 24.3 Å². The molecule has 2 fully saturated rings. The van der Waals surface area contributed by atoms with Crippen LogP contribution in [0.2, 0.25) is 0 Å². The molecule has 2 aliphatic heterocycles. The summed E-state index contributed by atoms with van der Waals surface area (Å²) in [4.78, 5) is 26.9. The summed E-state index contributed by atoms with van der Waals surface area (Å²) in [7, 11) is 0. The van der Waals surface area contributed by atoms with Gasteiger partial charge < -0.3 is 10.2 Å². The molecule has 3 amide bonds. The zero-order valence-electron chi connectivity index (χ0n) is 9.60. The first kappa shape index (κ1) is 11.2. The first-order chi connectivity index (χ1) is 8.68. The van der Waals surface area contributed by atoms with Crippen molar-refractivity contribution < 1.29 is 14.0 Å². The number of carbonyl (C=O) groups excluding carboxylic acids is 2. The Morgan fingerprint density at radius 2 is 2.17 bits per heavy atom. The Balaban J connectivity index is 1.97. The van der Waals surface area contributed by atoms with Crippen LogP contribution >= 0.6 is 0 Å². The second-order valence-electron chi connectivity index (χ2n) is 4.35. The van der Waals surface area contributed by atoms with Crippen molar-refractivity contribution in [3.8, 4) is 0 Å². The molecule has 1 unspecified atom stereocenters. The van der Waals surface area contributed by atoms with Crippen molar-refractivity contribution in [1.82, 2.24) is 10.2 Å². The number of hydrogen-bond acceptors (Lipinski definition) is 3. The largest absolute Gasteiger partial charge is 0.332 e. The molecular formula is C12H12FN3O2. The molecule has 0 bridgehead atoms. The first-order valence-corrected chi connectivity index (χ1v) is 5.79. The molecule has 0 aromatic heterocycles. The summed E-state index contributed by atoms with van der Waals surface area (Å²) >= 11 is 0. The van der Waals surface area contributed by atoms with Gasteiger partial charge in [-0.15, -0.1) is 0 Å². The second kappa shape index (κ2) is 4.06. The van der Waals surface area contributed by atoms with Gasteiger partial charge in [0.25, 0.3) is 5.91 Å². The number of carbonyl (C=O) groups is 2. The summed E-state index contributed by atoms with van der Waals surface area (Å²) in [6, 6.07) is 4.70. The lowest BCUT2D eigenvalue weighted by atomic mass is 10.2. The molecule has 0 spiro atoms. The third-order valence-corrected chi connectivity index (χ3v) is 3.25. The number of rotatable bonds is 1. The van der Waals surface area contributed by atoms with Crippen molar-refractivity contribution in [2.75, 3.05) is 24.5 Å². The van der Waals surface area contributed by atoms with E-state index in [-0.39, 0.29) is 11.9 Å². The molecule has 1 atom stereocenters. The number of urea groups is 1. The average molecular weight is 249 g/mol. The van der Waals surface area contributed by atoms with Crippen molar-refractivity contribution >= 4 is 17.6 Å². The number of halogens is 1. The highest BCUT2D eigenvalue weighted by atomic mass is 19.1. The Labute approximate surface area is 103 Å². The van der Waals surface area contributed by atoms with E-state index in [9.17, 15) is 14.0 Å². The van der Waals surface area contributed by atoms with E-state index in [2.05, 4.69) is 5.32 Å². The number of anilines is 1. The Kier molecular flexibility index (Phi) is 2.52. The van der Waals surface area contributed by atoms with Crippen molar-refractivity contribution in [3.05, 3.63) is 30.1 Å². The lowest BCUT2D eigenvalue weighted by molar-refractivity contribution is -0.119. The highest BCUT2D eigenvalue weighted by Gasteiger charge is 2.46. The van der Waals surface area contributed by atoms with Crippen LogP contribution in [0.4, 0.5) is 14.9 Å². The zero-order chi connectivity index (χ0) is 12.7. The number of benzene rings is 1. The van der Waals surface area contributed by atoms with Gasteiger partial charge in [-0.2, -0.15) is 0 Å². The molecule has 1 N–H and O–H groups in total. The normalized spacial score (nSPS) is 23.5. The van der Waals surface area contributed by atoms with E-state index in [0.717, 1.165) is 4.90 Å². The number of amides is 3. The summed E-state index contributed by atoms with van der Waals surface area (Å²) in [5, 5.41) is 3.08. The van der Waals surface area contributed by atoms with Crippen LogP contribution in [-0.4, -0.2) is 42.5 Å². The SMILES string of the molecule is O=C1C2CNCCN2C(=O)N1c1cccc(F)c1. The molecule has 1 aromatic carbocycles. The highest BCUT2D eigenvalue weighted by Crippen LogP contribution is 2.26. The van der Waals surface area contributed by atoms with E-state index in [1.807, 2.05) is 0 Å². The van der Waals surface area contributed by atoms with E-state index < -0.39 is 11.9 Å². The minimum absolute atomic E-state index is 0.291. The quantitative estimate of drug-likeness (QED) is 0.740. The van der Waals surface area contributed by atoms with Gasteiger partial charge in [-0.3, -0.25) is 4.79 Å². The Morgan fingerprint density at radius 1 is 1.33 bits per heavy atom. The lowest BCUT2D eigenvalue weighted by Crippen LogP contribution is -2.51. The number of hydrogen-bond donors (Lipinski definition) is 1. The topological polar surface area (TPSA) is 52.7 Å². The summed E-state index contributed by atoms with van der Waals surface area (Å²) in [6.45, 7) is 1.63. The fraction of sp³-hybridized carbons (Fsp3) is 0.333.